The van der Waals surface area contributed by atoms with Crippen LogP contribution in [0.1, 0.15) is 30.3 Å². The second-order valence-corrected chi connectivity index (χ2v) is 3.10. The molecule has 0 spiro atoms. The molecule has 4 heteroatoms. The van der Waals surface area contributed by atoms with Crippen molar-refractivity contribution in [1.82, 2.24) is 15.3 Å². The Kier molecular flexibility index (Phi) is 2.19. The molecule has 0 bridgehead atoms. The van der Waals surface area contributed by atoms with Gasteiger partial charge in [-0.05, 0) is 19.4 Å². The van der Waals surface area contributed by atoms with E-state index in [0.29, 0.717) is 6.04 Å². The van der Waals surface area contributed by atoms with E-state index in [-0.39, 0.29) is 5.82 Å². The Hall–Kier alpha value is -1.47. The molecule has 1 aliphatic heterocycles. The maximum atomic E-state index is 8.50. The van der Waals surface area contributed by atoms with Crippen molar-refractivity contribution in [1.29, 1.82) is 5.26 Å². The third-order valence-electron chi connectivity index (χ3n) is 2.23. The van der Waals surface area contributed by atoms with Gasteiger partial charge in [0.05, 0.1) is 0 Å². The van der Waals surface area contributed by atoms with Gasteiger partial charge in [0.25, 0.3) is 0 Å². The first-order valence-electron chi connectivity index (χ1n) is 4.35. The maximum absolute atomic E-state index is 8.50. The van der Waals surface area contributed by atoms with E-state index in [4.69, 9.17) is 5.26 Å². The fourth-order valence-corrected chi connectivity index (χ4v) is 1.54. The normalized spacial score (nSPS) is 21.3. The van der Waals surface area contributed by atoms with Crippen molar-refractivity contribution in [3.8, 4) is 6.07 Å². The predicted molar refractivity (Wildman–Crippen MR) is 46.7 cm³/mol. The molecule has 1 atom stereocenters. The van der Waals surface area contributed by atoms with Crippen molar-refractivity contribution in [2.75, 3.05) is 6.54 Å². The van der Waals surface area contributed by atoms with Crippen LogP contribution < -0.4 is 5.32 Å². The van der Waals surface area contributed by atoms with Crippen LogP contribution in [0.2, 0.25) is 0 Å². The van der Waals surface area contributed by atoms with Gasteiger partial charge in [-0.1, -0.05) is 0 Å². The quantitative estimate of drug-likeness (QED) is 0.683. The van der Waals surface area contributed by atoms with E-state index in [1.165, 1.54) is 6.42 Å². The molecule has 1 fully saturated rings. The average molecular weight is 174 g/mol. The number of nitrogens with one attached hydrogen (secondary N) is 1. The van der Waals surface area contributed by atoms with E-state index in [2.05, 4.69) is 15.3 Å². The zero-order chi connectivity index (χ0) is 9.10. The Morgan fingerprint density at radius 3 is 2.77 bits per heavy atom. The van der Waals surface area contributed by atoms with Gasteiger partial charge in [0.2, 0.25) is 5.82 Å². The molecule has 0 saturated carbocycles. The van der Waals surface area contributed by atoms with Crippen LogP contribution in [0.4, 0.5) is 0 Å². The molecule has 0 amide bonds. The lowest BCUT2D eigenvalue weighted by atomic mass is 10.1. The summed E-state index contributed by atoms with van der Waals surface area (Å²) in [7, 11) is 0. The standard InChI is InChI=1S/C9H10N4/c10-4-9-12-5-7(6-13-9)8-2-1-3-11-8/h5-6,8,11H,1-3H2. The molecule has 2 rings (SSSR count). The number of hydrogen-bond acceptors (Lipinski definition) is 4. The fraction of sp³-hybridized carbons (Fsp3) is 0.444. The number of rotatable bonds is 1. The van der Waals surface area contributed by atoms with E-state index in [1.807, 2.05) is 6.07 Å². The molecule has 0 aromatic carbocycles. The molecule has 1 aromatic rings. The number of nitriles is 1. The van der Waals surface area contributed by atoms with Crippen LogP contribution in [0.15, 0.2) is 12.4 Å². The first-order chi connectivity index (χ1) is 6.40. The summed E-state index contributed by atoms with van der Waals surface area (Å²) in [4.78, 5) is 7.86. The molecule has 1 aromatic heterocycles. The van der Waals surface area contributed by atoms with Crippen LogP contribution in [-0.4, -0.2) is 16.5 Å². The summed E-state index contributed by atoms with van der Waals surface area (Å²) in [6, 6.07) is 2.28. The Balaban J connectivity index is 2.18. The first-order valence-corrected chi connectivity index (χ1v) is 4.35. The second-order valence-electron chi connectivity index (χ2n) is 3.10. The summed E-state index contributed by atoms with van der Waals surface area (Å²) in [6.45, 7) is 1.06. The fourth-order valence-electron chi connectivity index (χ4n) is 1.54. The van der Waals surface area contributed by atoms with Gasteiger partial charge < -0.3 is 5.32 Å². The van der Waals surface area contributed by atoms with Crippen LogP contribution in [0.5, 0.6) is 0 Å². The van der Waals surface area contributed by atoms with Gasteiger partial charge >= 0.3 is 0 Å². The van der Waals surface area contributed by atoms with E-state index >= 15 is 0 Å². The lowest BCUT2D eigenvalue weighted by Gasteiger charge is -2.08. The minimum absolute atomic E-state index is 0.238. The van der Waals surface area contributed by atoms with E-state index < -0.39 is 0 Å². The van der Waals surface area contributed by atoms with Gasteiger partial charge in [-0.25, -0.2) is 9.97 Å². The molecule has 1 saturated heterocycles. The molecule has 1 unspecified atom stereocenters. The Bertz CT molecular complexity index is 318. The highest BCUT2D eigenvalue weighted by Crippen LogP contribution is 2.21. The minimum atomic E-state index is 0.238. The predicted octanol–water partition coefficient (Wildman–Crippen LogP) is 0.773. The van der Waals surface area contributed by atoms with Crippen LogP contribution in [0, 0.1) is 11.3 Å². The topological polar surface area (TPSA) is 61.6 Å². The maximum Gasteiger partial charge on any atom is 0.232 e. The molecule has 4 nitrogen and oxygen atoms in total. The lowest BCUT2D eigenvalue weighted by Crippen LogP contribution is -2.13. The van der Waals surface area contributed by atoms with Crippen molar-refractivity contribution < 1.29 is 0 Å². The van der Waals surface area contributed by atoms with Crippen LogP contribution in [0.25, 0.3) is 0 Å². The molecular weight excluding hydrogens is 164 g/mol. The Morgan fingerprint density at radius 2 is 2.23 bits per heavy atom. The van der Waals surface area contributed by atoms with Crippen LogP contribution in [-0.2, 0) is 0 Å². The Labute approximate surface area is 76.6 Å². The van der Waals surface area contributed by atoms with E-state index in [0.717, 1.165) is 18.5 Å². The van der Waals surface area contributed by atoms with Gasteiger partial charge in [0, 0.05) is 24.0 Å². The van der Waals surface area contributed by atoms with Crippen molar-refractivity contribution >= 4 is 0 Å². The summed E-state index contributed by atoms with van der Waals surface area (Å²) in [5.41, 5.74) is 1.08. The van der Waals surface area contributed by atoms with Crippen molar-refractivity contribution in [3.05, 3.63) is 23.8 Å². The number of aromatic nitrogens is 2. The third-order valence-corrected chi connectivity index (χ3v) is 2.23. The van der Waals surface area contributed by atoms with E-state index in [1.54, 1.807) is 12.4 Å². The van der Waals surface area contributed by atoms with Crippen LogP contribution in [0.3, 0.4) is 0 Å². The molecule has 13 heavy (non-hydrogen) atoms. The minimum Gasteiger partial charge on any atom is -0.310 e. The lowest BCUT2D eigenvalue weighted by molar-refractivity contribution is 0.641. The summed E-state index contributed by atoms with van der Waals surface area (Å²) in [6.07, 6.45) is 5.79. The Morgan fingerprint density at radius 1 is 1.46 bits per heavy atom. The highest BCUT2D eigenvalue weighted by molar-refractivity contribution is 5.16. The zero-order valence-electron chi connectivity index (χ0n) is 7.20. The monoisotopic (exact) mass is 174 g/mol. The van der Waals surface area contributed by atoms with Gasteiger partial charge in [-0.2, -0.15) is 5.26 Å². The smallest absolute Gasteiger partial charge is 0.232 e. The SMILES string of the molecule is N#Cc1ncc(C2CCCN2)cn1. The molecular formula is C9H10N4. The number of nitrogens with zero attached hydrogens (tertiary/aromatic N) is 3. The summed E-state index contributed by atoms with van der Waals surface area (Å²) in [5.74, 6) is 0.238. The molecule has 1 N–H and O–H groups in total. The molecule has 0 radical (unpaired) electrons. The van der Waals surface area contributed by atoms with Crippen molar-refractivity contribution in [2.45, 2.75) is 18.9 Å². The largest absolute Gasteiger partial charge is 0.310 e. The number of hydrogen-bond donors (Lipinski definition) is 1. The highest BCUT2D eigenvalue weighted by Gasteiger charge is 2.16. The van der Waals surface area contributed by atoms with Gasteiger partial charge in [0.15, 0.2) is 0 Å². The summed E-state index contributed by atoms with van der Waals surface area (Å²) >= 11 is 0. The zero-order valence-corrected chi connectivity index (χ0v) is 7.20. The second kappa shape index (κ2) is 3.50. The van der Waals surface area contributed by atoms with Crippen LogP contribution >= 0.6 is 0 Å². The van der Waals surface area contributed by atoms with Crippen molar-refractivity contribution in [2.24, 2.45) is 0 Å². The molecule has 1 aliphatic rings. The highest BCUT2D eigenvalue weighted by atomic mass is 15.0. The van der Waals surface area contributed by atoms with E-state index in [9.17, 15) is 0 Å². The molecule has 0 aliphatic carbocycles. The van der Waals surface area contributed by atoms with Crippen molar-refractivity contribution in [3.63, 3.8) is 0 Å². The summed E-state index contributed by atoms with van der Waals surface area (Å²) in [5, 5.41) is 11.9. The van der Waals surface area contributed by atoms with Gasteiger partial charge in [-0.15, -0.1) is 0 Å². The average Bonchev–Trinajstić information content (AvgIpc) is 2.71. The van der Waals surface area contributed by atoms with Gasteiger partial charge in [-0.3, -0.25) is 0 Å². The molecule has 66 valence electrons. The van der Waals surface area contributed by atoms with Gasteiger partial charge in [0.1, 0.15) is 6.07 Å². The molecule has 2 heterocycles. The summed E-state index contributed by atoms with van der Waals surface area (Å²) < 4.78 is 0. The third kappa shape index (κ3) is 1.65. The first kappa shape index (κ1) is 8.14.